The molecule has 1 atom stereocenters. The van der Waals surface area contributed by atoms with Crippen molar-refractivity contribution in [3.63, 3.8) is 0 Å². The fourth-order valence-corrected chi connectivity index (χ4v) is 1.99. The third kappa shape index (κ3) is 5.15. The summed E-state index contributed by atoms with van der Waals surface area (Å²) in [4.78, 5) is 0. The molecule has 1 N–H and O–H groups in total. The van der Waals surface area contributed by atoms with Gasteiger partial charge in [-0.15, -0.1) is 0 Å². The van der Waals surface area contributed by atoms with Gasteiger partial charge < -0.3 is 0 Å². The molecule has 0 saturated carbocycles. The molecule has 0 radical (unpaired) electrons. The Morgan fingerprint density at radius 2 is 1.45 bits per heavy atom. The molecule has 0 spiro atoms. The summed E-state index contributed by atoms with van der Waals surface area (Å²) in [5.74, 6) is 0. The Morgan fingerprint density at radius 3 is 1.45 bits per heavy atom. The van der Waals surface area contributed by atoms with Gasteiger partial charge in [-0.3, -0.25) is 4.55 Å². The van der Waals surface area contributed by atoms with E-state index in [1.54, 1.807) is 0 Å². The maximum atomic E-state index is 10.4. The van der Waals surface area contributed by atoms with Crippen LogP contribution in [0, 0.1) is 0 Å². The summed E-state index contributed by atoms with van der Waals surface area (Å²) in [6.07, 6.45) is 0.742. The van der Waals surface area contributed by atoms with E-state index in [-0.39, 0.29) is 29.6 Å². The van der Waals surface area contributed by atoms with Gasteiger partial charge in [0.2, 0.25) is 0 Å². The summed E-state index contributed by atoms with van der Waals surface area (Å²) in [6.45, 7) is 0.907. The van der Waals surface area contributed by atoms with Gasteiger partial charge in [0.05, 0.1) is 0 Å². The molecular weight excluding hydrogens is 203 g/mol. The Labute approximate surface area is 88.1 Å². The van der Waals surface area contributed by atoms with Crippen molar-refractivity contribution in [3.05, 3.63) is 0 Å². The van der Waals surface area contributed by atoms with Crippen molar-refractivity contribution in [1.29, 1.82) is 0 Å². The average Bonchev–Trinajstić information content (AvgIpc) is 1.59. The molecule has 11 heavy (non-hydrogen) atoms. The summed E-state index contributed by atoms with van der Waals surface area (Å²) >= 11 is 0. The zero-order valence-electron chi connectivity index (χ0n) is 5.47. The van der Waals surface area contributed by atoms with Gasteiger partial charge in [0, 0.05) is 6.26 Å². The Hall–Kier alpha value is 0.860. The number of hydrogen-bond donors (Lipinski definition) is 1. The maximum absolute atomic E-state index is 10.4. The Bertz CT molecular complexity index is 269. The molecule has 5 nitrogen and oxygen atoms in total. The first-order chi connectivity index (χ1) is 4.15. The quantitative estimate of drug-likeness (QED) is 0.450. The van der Waals surface area contributed by atoms with E-state index in [4.69, 9.17) is 4.55 Å². The van der Waals surface area contributed by atoms with Crippen LogP contribution in [0.1, 0.15) is 6.92 Å². The van der Waals surface area contributed by atoms with E-state index in [0.29, 0.717) is 0 Å². The van der Waals surface area contributed by atoms with Gasteiger partial charge in [-0.05, 0) is 6.92 Å². The monoisotopic (exact) mass is 212 g/mol. The molecular formula is C3H9NaO5S2. The molecule has 0 aliphatic heterocycles. The van der Waals surface area contributed by atoms with Crippen molar-refractivity contribution in [2.75, 3.05) is 6.26 Å². The van der Waals surface area contributed by atoms with Crippen molar-refractivity contribution >= 4 is 49.5 Å². The predicted octanol–water partition coefficient (Wildman–Crippen LogP) is -1.38. The Balaban J connectivity index is 0. The molecule has 0 amide bonds. The van der Waals surface area contributed by atoms with Crippen LogP contribution in [0.2, 0.25) is 0 Å². The SMILES string of the molecule is CC(S(C)(=O)=O)S(=O)(=O)O.[NaH]. The van der Waals surface area contributed by atoms with E-state index in [9.17, 15) is 16.8 Å². The molecule has 0 aromatic carbocycles. The number of hydrogen-bond acceptors (Lipinski definition) is 4. The van der Waals surface area contributed by atoms with Gasteiger partial charge in [0.15, 0.2) is 14.4 Å². The minimum absolute atomic E-state index is 0. The van der Waals surface area contributed by atoms with Gasteiger partial charge >= 0.3 is 29.6 Å². The second kappa shape index (κ2) is 4.20. The number of sulfone groups is 1. The first-order valence-electron chi connectivity index (χ1n) is 2.31. The Kier molecular flexibility index (Phi) is 5.49. The molecule has 0 bridgehead atoms. The van der Waals surface area contributed by atoms with Crippen LogP contribution in [0.25, 0.3) is 0 Å². The second-order valence-electron chi connectivity index (χ2n) is 1.91. The van der Waals surface area contributed by atoms with E-state index in [1.807, 2.05) is 0 Å². The summed E-state index contributed by atoms with van der Waals surface area (Å²) in [7, 11) is -8.15. The standard InChI is InChI=1S/C3H8O5S2.Na.H/c1-3(9(2,4)5)10(6,7)8;;/h3H,1-2H3,(H,6,7,8);;. The van der Waals surface area contributed by atoms with Gasteiger partial charge in [0.25, 0.3) is 10.1 Å². The first-order valence-corrected chi connectivity index (χ1v) is 5.76. The van der Waals surface area contributed by atoms with E-state index in [0.717, 1.165) is 13.2 Å². The van der Waals surface area contributed by atoms with Crippen molar-refractivity contribution < 1.29 is 21.4 Å². The van der Waals surface area contributed by atoms with E-state index >= 15 is 0 Å². The van der Waals surface area contributed by atoms with Gasteiger partial charge in [-0.25, -0.2) is 8.42 Å². The second-order valence-corrected chi connectivity index (χ2v) is 6.31. The molecule has 0 aliphatic carbocycles. The van der Waals surface area contributed by atoms with E-state index in [2.05, 4.69) is 0 Å². The van der Waals surface area contributed by atoms with Crippen LogP contribution < -0.4 is 0 Å². The van der Waals surface area contributed by atoms with Crippen LogP contribution in [-0.4, -0.2) is 61.8 Å². The van der Waals surface area contributed by atoms with E-state index in [1.165, 1.54) is 0 Å². The average molecular weight is 212 g/mol. The van der Waals surface area contributed by atoms with Crippen LogP contribution in [0.4, 0.5) is 0 Å². The predicted molar refractivity (Wildman–Crippen MR) is 43.0 cm³/mol. The molecule has 0 saturated heterocycles. The zero-order valence-corrected chi connectivity index (χ0v) is 7.11. The van der Waals surface area contributed by atoms with Crippen molar-refractivity contribution in [1.82, 2.24) is 0 Å². The summed E-state index contributed by atoms with van der Waals surface area (Å²) in [6, 6.07) is 0. The minimum atomic E-state index is -4.45. The third-order valence-corrected chi connectivity index (χ3v) is 4.85. The fourth-order valence-electron chi connectivity index (χ4n) is 0.221. The number of rotatable bonds is 2. The first kappa shape index (κ1) is 14.4. The normalized spacial score (nSPS) is 15.2. The van der Waals surface area contributed by atoms with Crippen LogP contribution in [-0.2, 0) is 20.0 Å². The third-order valence-electron chi connectivity index (χ3n) is 1.02. The molecule has 0 aromatic heterocycles. The fraction of sp³-hybridized carbons (Fsp3) is 1.00. The molecule has 0 aromatic rings. The molecule has 0 aliphatic rings. The van der Waals surface area contributed by atoms with Crippen LogP contribution in [0.5, 0.6) is 0 Å². The summed E-state index contributed by atoms with van der Waals surface area (Å²) < 4.78 is 47.7. The molecule has 0 heterocycles. The van der Waals surface area contributed by atoms with E-state index < -0.39 is 24.5 Å². The van der Waals surface area contributed by atoms with Crippen molar-refractivity contribution in [3.8, 4) is 0 Å². The summed E-state index contributed by atoms with van der Waals surface area (Å²) in [5.41, 5.74) is 0. The van der Waals surface area contributed by atoms with Crippen LogP contribution in [0.3, 0.4) is 0 Å². The molecule has 8 heteroatoms. The van der Waals surface area contributed by atoms with Crippen LogP contribution >= 0.6 is 0 Å². The summed E-state index contributed by atoms with van der Waals surface area (Å²) in [5, 5.41) is 0. The zero-order chi connectivity index (χ0) is 8.58. The van der Waals surface area contributed by atoms with Gasteiger partial charge in [0.1, 0.15) is 0 Å². The molecule has 0 rings (SSSR count). The van der Waals surface area contributed by atoms with Gasteiger partial charge in [-0.1, -0.05) is 0 Å². The van der Waals surface area contributed by atoms with Crippen molar-refractivity contribution in [2.24, 2.45) is 0 Å². The Morgan fingerprint density at radius 1 is 1.18 bits per heavy atom. The van der Waals surface area contributed by atoms with Gasteiger partial charge in [-0.2, -0.15) is 8.42 Å². The van der Waals surface area contributed by atoms with Crippen molar-refractivity contribution in [2.45, 2.75) is 11.5 Å². The molecule has 64 valence electrons. The van der Waals surface area contributed by atoms with Crippen LogP contribution in [0.15, 0.2) is 0 Å². The topological polar surface area (TPSA) is 88.5 Å². The molecule has 0 fully saturated rings. The molecule has 1 unspecified atom stereocenters.